The van der Waals surface area contributed by atoms with E-state index in [1.54, 1.807) is 0 Å². The monoisotopic (exact) mass is 696 g/mol. The first kappa shape index (κ1) is 34.4. The van der Waals surface area contributed by atoms with Crippen molar-refractivity contribution in [3.05, 3.63) is 151 Å². The molecule has 0 spiro atoms. The molecule has 0 saturated heterocycles. The molecule has 6 aromatic rings. The normalized spacial score (nSPS) is 12.8. The molecule has 9 heteroatoms. The van der Waals surface area contributed by atoms with Crippen LogP contribution in [0.15, 0.2) is 154 Å². The summed E-state index contributed by atoms with van der Waals surface area (Å²) in [6, 6.07) is 50.1. The molecule has 0 amide bonds. The molecule has 0 nitrogen and oxygen atoms in total. The van der Waals surface area contributed by atoms with E-state index < -0.39 is 7.81 Å². The van der Waals surface area contributed by atoms with Gasteiger partial charge in [0.1, 0.15) is 0 Å². The zero-order valence-corrected chi connectivity index (χ0v) is 28.1. The van der Waals surface area contributed by atoms with E-state index in [0.717, 1.165) is 4.90 Å². The minimum atomic E-state index is -10.7. The molecule has 0 aliphatic carbocycles. The summed E-state index contributed by atoms with van der Waals surface area (Å²) in [5, 5.41) is 0. The van der Waals surface area contributed by atoms with E-state index in [1.165, 1.54) is 65.4 Å². The third-order valence-electron chi connectivity index (χ3n) is 7.41. The zero-order chi connectivity index (χ0) is 33.9. The Balaban J connectivity index is 0.000000559. The molecule has 0 aliphatic rings. The number of rotatable bonds is 6. The van der Waals surface area contributed by atoms with Crippen LogP contribution >= 0.6 is 19.6 Å². The summed E-state index contributed by atoms with van der Waals surface area (Å²) in [6.07, 6.45) is 0. The summed E-state index contributed by atoms with van der Waals surface area (Å²) in [7, 11) is -10.7. The number of hydrogen-bond donors (Lipinski definition) is 0. The molecule has 47 heavy (non-hydrogen) atoms. The van der Waals surface area contributed by atoms with Gasteiger partial charge in [-0.15, -0.1) is 0 Å². The number of hydrogen-bond acceptors (Lipinski definition) is 1. The standard InChI is InChI=1S/C38H30S2.F6P/c1-26-11-9-10-16-33(26)38-27(2)37(40-32-20-17-29(18-21-32)28-12-5-3-6-13-28)24-23-35(38)36-25-31(39)19-22-34(36)30-14-7-4-8-15-30;1-7(2,3,4,5)6/h3-25,39H,1-2H3;/q;-1/p+1. The van der Waals surface area contributed by atoms with E-state index >= 15 is 0 Å². The van der Waals surface area contributed by atoms with E-state index in [0.29, 0.717) is 0 Å². The van der Waals surface area contributed by atoms with E-state index in [9.17, 15) is 25.2 Å². The molecule has 0 aliphatic heterocycles. The van der Waals surface area contributed by atoms with Crippen molar-refractivity contribution in [2.45, 2.75) is 28.5 Å². The fourth-order valence-electron chi connectivity index (χ4n) is 5.34. The number of halogens is 6. The van der Waals surface area contributed by atoms with Gasteiger partial charge in [0, 0.05) is 15.9 Å². The fraction of sp³-hybridized carbons (Fsp3) is 0.0526. The maximum absolute atomic E-state index is 10.7. The predicted molar refractivity (Wildman–Crippen MR) is 190 cm³/mol. The van der Waals surface area contributed by atoms with Crippen molar-refractivity contribution in [1.29, 1.82) is 0 Å². The summed E-state index contributed by atoms with van der Waals surface area (Å²) in [5.41, 5.74) is 12.5. The minimum absolute atomic E-state index is 1.07. The van der Waals surface area contributed by atoms with Gasteiger partial charge in [-0.1, -0.05) is 115 Å². The van der Waals surface area contributed by atoms with Crippen molar-refractivity contribution in [2.24, 2.45) is 0 Å². The van der Waals surface area contributed by atoms with Crippen molar-refractivity contribution < 1.29 is 25.2 Å². The van der Waals surface area contributed by atoms with Crippen LogP contribution in [0.5, 0.6) is 0 Å². The zero-order valence-electron chi connectivity index (χ0n) is 25.4. The fourth-order valence-corrected chi connectivity index (χ4v) is 6.48. The van der Waals surface area contributed by atoms with Gasteiger partial charge in [0.25, 0.3) is 0 Å². The quantitative estimate of drug-likeness (QED) is 0.0949. The Bertz CT molecular complexity index is 2000. The van der Waals surface area contributed by atoms with Crippen LogP contribution in [0.4, 0.5) is 25.2 Å². The molecule has 0 atom stereocenters. The molecular formula is C38H31F6PS2. The first-order valence-corrected chi connectivity index (χ1v) is 17.9. The van der Waals surface area contributed by atoms with E-state index in [2.05, 4.69) is 166 Å². The molecular weight excluding hydrogens is 666 g/mol. The number of aryl methyl sites for hydroxylation is 1. The second-order valence-electron chi connectivity index (χ2n) is 11.0. The summed E-state index contributed by atoms with van der Waals surface area (Å²) >= 11 is 5.65. The topological polar surface area (TPSA) is 0 Å². The molecule has 6 rings (SSSR count). The Morgan fingerprint density at radius 1 is 0.489 bits per heavy atom. The van der Waals surface area contributed by atoms with Crippen LogP contribution in [0.2, 0.25) is 0 Å². The Labute approximate surface area is 280 Å². The van der Waals surface area contributed by atoms with Crippen LogP contribution in [0.3, 0.4) is 0 Å². The van der Waals surface area contributed by atoms with Gasteiger partial charge in [0.15, 0.2) is 4.90 Å². The van der Waals surface area contributed by atoms with Gasteiger partial charge in [0.2, 0.25) is 0 Å². The van der Waals surface area contributed by atoms with Crippen molar-refractivity contribution in [3.8, 4) is 44.5 Å². The van der Waals surface area contributed by atoms with Gasteiger partial charge in [-0.3, -0.25) is 0 Å². The van der Waals surface area contributed by atoms with Crippen molar-refractivity contribution >= 4 is 32.2 Å². The summed E-state index contributed by atoms with van der Waals surface area (Å²) in [4.78, 5) is 3.57. The average Bonchev–Trinajstić information content (AvgIpc) is 3.02. The van der Waals surface area contributed by atoms with Gasteiger partial charge < -0.3 is 0 Å². The van der Waals surface area contributed by atoms with Gasteiger partial charge in [0.05, 0.1) is 0 Å². The first-order valence-electron chi connectivity index (χ1n) is 14.5. The second-order valence-corrected chi connectivity index (χ2v) is 14.6. The Morgan fingerprint density at radius 2 is 1.00 bits per heavy atom. The molecule has 6 aromatic carbocycles. The van der Waals surface area contributed by atoms with Crippen LogP contribution in [0, 0.1) is 13.8 Å². The third-order valence-corrected chi connectivity index (χ3v) is 8.89. The van der Waals surface area contributed by atoms with Crippen LogP contribution < -0.4 is 0 Å². The van der Waals surface area contributed by atoms with Gasteiger partial charge in [-0.25, -0.2) is 0 Å². The molecule has 0 saturated carbocycles. The molecule has 0 unspecified atom stereocenters. The molecule has 0 aromatic heterocycles. The van der Waals surface area contributed by atoms with Crippen molar-refractivity contribution in [1.82, 2.24) is 0 Å². The van der Waals surface area contributed by atoms with Crippen molar-refractivity contribution in [3.63, 3.8) is 0 Å². The molecule has 0 fully saturated rings. The van der Waals surface area contributed by atoms with Crippen LogP contribution in [0.25, 0.3) is 44.5 Å². The summed E-state index contributed by atoms with van der Waals surface area (Å²) in [6.45, 7) is 4.48. The number of benzene rings is 6. The maximum atomic E-state index is 9.87. The SMILES string of the molecule is Cc1ccccc1-c1c(-c2cc([SH2+])ccc2-c2ccccc2)ccc(Sc2ccc(-c3ccccc3)cc2)c1C.F[P-](F)(F)(F)(F)F. The van der Waals surface area contributed by atoms with Crippen LogP contribution in [0.1, 0.15) is 11.1 Å². The van der Waals surface area contributed by atoms with Crippen LogP contribution in [-0.4, -0.2) is 0 Å². The summed E-state index contributed by atoms with van der Waals surface area (Å²) in [5.74, 6) is 0. The molecule has 0 N–H and O–H groups in total. The van der Waals surface area contributed by atoms with E-state index in [-0.39, 0.29) is 0 Å². The Hall–Kier alpha value is -3.97. The average molecular weight is 697 g/mol. The molecule has 0 bridgehead atoms. The Morgan fingerprint density at radius 3 is 1.60 bits per heavy atom. The van der Waals surface area contributed by atoms with Gasteiger partial charge >= 0.3 is 33.0 Å². The Kier molecular flexibility index (Phi) is 9.44. The van der Waals surface area contributed by atoms with E-state index in [1.807, 2.05) is 11.8 Å². The van der Waals surface area contributed by atoms with Gasteiger partial charge in [-0.2, -0.15) is 0 Å². The second kappa shape index (κ2) is 12.9. The van der Waals surface area contributed by atoms with Gasteiger partial charge in [-0.05, 0) is 112 Å². The van der Waals surface area contributed by atoms with E-state index in [4.69, 9.17) is 0 Å². The third kappa shape index (κ3) is 9.77. The van der Waals surface area contributed by atoms with Crippen LogP contribution in [-0.2, 0) is 12.6 Å². The predicted octanol–water partition coefficient (Wildman–Crippen LogP) is 13.9. The first-order chi connectivity index (χ1) is 22.0. The molecule has 0 radical (unpaired) electrons. The molecule has 242 valence electrons. The summed E-state index contributed by atoms with van der Waals surface area (Å²) < 4.78 is 59.2. The van der Waals surface area contributed by atoms with Crippen molar-refractivity contribution in [2.75, 3.05) is 0 Å². The molecule has 0 heterocycles.